The topological polar surface area (TPSA) is 46.2 Å². The van der Waals surface area contributed by atoms with Crippen molar-refractivity contribution in [3.8, 4) is 0 Å². The molecule has 0 amide bonds. The van der Waals surface area contributed by atoms with E-state index in [2.05, 4.69) is 38.8 Å². The monoisotopic (exact) mass is 409 g/mol. The molecule has 1 aliphatic carbocycles. The van der Waals surface area contributed by atoms with Crippen LogP contribution >= 0.6 is 43.2 Å². The van der Waals surface area contributed by atoms with Crippen molar-refractivity contribution in [3.63, 3.8) is 0 Å². The van der Waals surface area contributed by atoms with E-state index < -0.39 is 6.10 Å². The molecule has 0 radical (unpaired) electrons. The maximum absolute atomic E-state index is 10.8. The molecule has 19 heavy (non-hydrogen) atoms. The Morgan fingerprint density at radius 3 is 2.53 bits per heavy atom. The molecule has 0 bridgehead atoms. The molecule has 1 saturated carbocycles. The van der Waals surface area contributed by atoms with Crippen molar-refractivity contribution in [2.24, 2.45) is 17.1 Å². The third-order valence-electron chi connectivity index (χ3n) is 4.60. The summed E-state index contributed by atoms with van der Waals surface area (Å²) in [5.74, 6) is 0.814. The molecular formula is C14H21Br2NOS. The van der Waals surface area contributed by atoms with E-state index in [0.29, 0.717) is 6.54 Å². The van der Waals surface area contributed by atoms with Gasteiger partial charge in [0.1, 0.15) is 0 Å². The lowest BCUT2D eigenvalue weighted by atomic mass is 9.66. The molecule has 0 spiro atoms. The van der Waals surface area contributed by atoms with Crippen LogP contribution in [0.25, 0.3) is 0 Å². The van der Waals surface area contributed by atoms with Crippen LogP contribution < -0.4 is 5.73 Å². The van der Waals surface area contributed by atoms with Crippen LogP contribution in [0, 0.1) is 11.3 Å². The molecule has 0 saturated heterocycles. The lowest BCUT2D eigenvalue weighted by Crippen LogP contribution is -2.39. The van der Waals surface area contributed by atoms with Gasteiger partial charge in [-0.2, -0.15) is 0 Å². The van der Waals surface area contributed by atoms with Gasteiger partial charge in [0.25, 0.3) is 0 Å². The fourth-order valence-corrected chi connectivity index (χ4v) is 5.27. The summed E-state index contributed by atoms with van der Waals surface area (Å²) in [4.78, 5) is 1.01. The van der Waals surface area contributed by atoms with Crippen molar-refractivity contribution < 1.29 is 5.11 Å². The molecule has 1 heterocycles. The van der Waals surface area contributed by atoms with Gasteiger partial charge in [0, 0.05) is 21.3 Å². The Bertz CT molecular complexity index is 408. The van der Waals surface area contributed by atoms with Gasteiger partial charge in [0.15, 0.2) is 0 Å². The van der Waals surface area contributed by atoms with Gasteiger partial charge in [-0.05, 0) is 69.5 Å². The van der Waals surface area contributed by atoms with Gasteiger partial charge in [-0.25, -0.2) is 0 Å². The molecule has 3 N–H and O–H groups in total. The highest BCUT2D eigenvalue weighted by Crippen LogP contribution is 2.50. The highest BCUT2D eigenvalue weighted by atomic mass is 79.9. The van der Waals surface area contributed by atoms with Crippen molar-refractivity contribution in [2.75, 3.05) is 6.54 Å². The molecule has 5 heteroatoms. The fraction of sp³-hybridized carbons (Fsp3) is 0.714. The fourth-order valence-electron chi connectivity index (χ4n) is 3.05. The van der Waals surface area contributed by atoms with Gasteiger partial charge in [0.2, 0.25) is 0 Å². The summed E-state index contributed by atoms with van der Waals surface area (Å²) >= 11 is 8.59. The highest BCUT2D eigenvalue weighted by molar-refractivity contribution is 9.13. The average molecular weight is 411 g/mol. The number of thiophene rings is 1. The molecule has 1 unspecified atom stereocenters. The molecule has 1 aliphatic rings. The van der Waals surface area contributed by atoms with Crippen LogP contribution in [0.4, 0.5) is 0 Å². The first-order chi connectivity index (χ1) is 9.02. The third-order valence-corrected chi connectivity index (χ3v) is 7.91. The second-order valence-electron chi connectivity index (χ2n) is 5.59. The summed E-state index contributed by atoms with van der Waals surface area (Å²) in [6.07, 6.45) is 5.26. The Morgan fingerprint density at radius 2 is 2.11 bits per heavy atom. The van der Waals surface area contributed by atoms with Crippen LogP contribution in [0.15, 0.2) is 14.3 Å². The predicted octanol–water partition coefficient (Wildman–Crippen LogP) is 4.85. The number of hydrogen-bond donors (Lipinski definition) is 2. The van der Waals surface area contributed by atoms with Crippen molar-refractivity contribution >= 4 is 43.2 Å². The van der Waals surface area contributed by atoms with E-state index in [0.717, 1.165) is 31.9 Å². The Hall–Kier alpha value is 0.580. The first-order valence-electron chi connectivity index (χ1n) is 6.85. The molecule has 2 rings (SSSR count). The van der Waals surface area contributed by atoms with Crippen molar-refractivity contribution in [1.82, 2.24) is 0 Å². The van der Waals surface area contributed by atoms with Gasteiger partial charge in [-0.15, -0.1) is 11.3 Å². The van der Waals surface area contributed by atoms with E-state index >= 15 is 0 Å². The molecule has 2 nitrogen and oxygen atoms in total. The summed E-state index contributed by atoms with van der Waals surface area (Å²) in [7, 11) is 0. The van der Waals surface area contributed by atoms with Gasteiger partial charge in [-0.3, -0.25) is 0 Å². The van der Waals surface area contributed by atoms with Crippen LogP contribution in [0.3, 0.4) is 0 Å². The second-order valence-corrected chi connectivity index (χ2v) is 8.85. The maximum Gasteiger partial charge on any atom is 0.0950 e. The van der Waals surface area contributed by atoms with Gasteiger partial charge in [0.05, 0.1) is 9.89 Å². The predicted molar refractivity (Wildman–Crippen MR) is 88.4 cm³/mol. The molecule has 0 aromatic carbocycles. The van der Waals surface area contributed by atoms with Crippen LogP contribution in [-0.4, -0.2) is 11.7 Å². The van der Waals surface area contributed by atoms with Crippen molar-refractivity contribution in [2.45, 2.75) is 45.1 Å². The standard InChI is InChI=1S/C14H21Br2NOS/c1-2-9-3-5-14(8-17,6-4-9)12(18)11-7-10(15)13(16)19-11/h7,9,12,18H,2-6,8,17H2,1H3. The average Bonchev–Trinajstić information content (AvgIpc) is 2.78. The molecule has 108 valence electrons. The van der Waals surface area contributed by atoms with Gasteiger partial charge in [-0.1, -0.05) is 13.3 Å². The Kier molecular flexibility index (Phi) is 5.51. The summed E-state index contributed by atoms with van der Waals surface area (Å²) in [6.45, 7) is 2.82. The summed E-state index contributed by atoms with van der Waals surface area (Å²) < 4.78 is 2.05. The molecule has 1 aromatic heterocycles. The number of nitrogens with two attached hydrogens (primary N) is 1. The zero-order valence-corrected chi connectivity index (χ0v) is 15.2. The maximum atomic E-state index is 10.8. The molecule has 1 atom stereocenters. The molecule has 0 aliphatic heterocycles. The number of halogens is 2. The van der Waals surface area contributed by atoms with E-state index in [4.69, 9.17) is 5.73 Å². The van der Waals surface area contributed by atoms with E-state index in [1.165, 1.54) is 19.3 Å². The van der Waals surface area contributed by atoms with Gasteiger partial charge < -0.3 is 10.8 Å². The zero-order valence-electron chi connectivity index (χ0n) is 11.2. The normalized spacial score (nSPS) is 29.4. The largest absolute Gasteiger partial charge is 0.387 e. The molecular weight excluding hydrogens is 390 g/mol. The Labute approximate surface area is 136 Å². The molecule has 1 aromatic rings. The minimum Gasteiger partial charge on any atom is -0.387 e. The number of rotatable bonds is 4. The van der Waals surface area contributed by atoms with Crippen molar-refractivity contribution in [1.29, 1.82) is 0 Å². The lowest BCUT2D eigenvalue weighted by molar-refractivity contribution is -0.00808. The Morgan fingerprint density at radius 1 is 1.47 bits per heavy atom. The van der Waals surface area contributed by atoms with Gasteiger partial charge >= 0.3 is 0 Å². The SMILES string of the molecule is CCC1CCC(CN)(C(O)c2cc(Br)c(Br)s2)CC1. The summed E-state index contributed by atoms with van der Waals surface area (Å²) in [5.41, 5.74) is 5.90. The molecule has 1 fully saturated rings. The van der Waals surface area contributed by atoms with E-state index in [-0.39, 0.29) is 5.41 Å². The number of aliphatic hydroxyl groups is 1. The third kappa shape index (κ3) is 3.26. The summed E-state index contributed by atoms with van der Waals surface area (Å²) in [6, 6.07) is 2.02. The van der Waals surface area contributed by atoms with Crippen molar-refractivity contribution in [3.05, 3.63) is 19.2 Å². The van der Waals surface area contributed by atoms with E-state index in [1.54, 1.807) is 11.3 Å². The van der Waals surface area contributed by atoms with E-state index in [9.17, 15) is 5.11 Å². The summed E-state index contributed by atoms with van der Waals surface area (Å²) in [5, 5.41) is 10.8. The van der Waals surface area contributed by atoms with Crippen LogP contribution in [0.1, 0.15) is 50.0 Å². The first kappa shape index (κ1) is 16.0. The quantitative estimate of drug-likeness (QED) is 0.744. The first-order valence-corrected chi connectivity index (χ1v) is 9.25. The Balaban J connectivity index is 2.17. The van der Waals surface area contributed by atoms with E-state index in [1.807, 2.05) is 6.07 Å². The smallest absolute Gasteiger partial charge is 0.0950 e. The minimum atomic E-state index is -0.442. The highest BCUT2D eigenvalue weighted by Gasteiger charge is 2.41. The lowest BCUT2D eigenvalue weighted by Gasteiger charge is -2.42. The number of hydrogen-bond acceptors (Lipinski definition) is 3. The second kappa shape index (κ2) is 6.56. The van der Waals surface area contributed by atoms with Crippen LogP contribution in [0.5, 0.6) is 0 Å². The number of aliphatic hydroxyl groups excluding tert-OH is 1. The van der Waals surface area contributed by atoms with Crippen LogP contribution in [-0.2, 0) is 0 Å². The minimum absolute atomic E-state index is 0.130. The van der Waals surface area contributed by atoms with Crippen LogP contribution in [0.2, 0.25) is 0 Å². The zero-order chi connectivity index (χ0) is 14.0.